The summed E-state index contributed by atoms with van der Waals surface area (Å²) in [7, 11) is 0. The van der Waals surface area contributed by atoms with E-state index in [0.717, 1.165) is 17.6 Å². The molecule has 0 saturated heterocycles. The van der Waals surface area contributed by atoms with Gasteiger partial charge in [-0.25, -0.2) is 0 Å². The fourth-order valence-corrected chi connectivity index (χ4v) is 0.860. The molecule has 0 aliphatic rings. The summed E-state index contributed by atoms with van der Waals surface area (Å²) in [4.78, 5) is 0. The lowest BCUT2D eigenvalue weighted by molar-refractivity contribution is 1.09. The van der Waals surface area contributed by atoms with Gasteiger partial charge in [0.25, 0.3) is 0 Å². The number of hydrogen-bond donors (Lipinski definition) is 1. The molecule has 0 rings (SSSR count). The van der Waals surface area contributed by atoms with Gasteiger partial charge in [-0.05, 0) is 25.8 Å². The molecule has 0 unspecified atom stereocenters. The van der Waals surface area contributed by atoms with Crippen molar-refractivity contribution in [2.24, 2.45) is 5.73 Å². The van der Waals surface area contributed by atoms with Gasteiger partial charge in [-0.2, -0.15) is 0 Å². The van der Waals surface area contributed by atoms with Gasteiger partial charge in [0, 0.05) is 5.70 Å². The molecule has 0 aliphatic heterocycles. The third kappa shape index (κ3) is 5.07. The van der Waals surface area contributed by atoms with E-state index in [2.05, 4.69) is 33.1 Å². The number of hydrogen-bond acceptors (Lipinski definition) is 1. The summed E-state index contributed by atoms with van der Waals surface area (Å²) in [6, 6.07) is 0. The van der Waals surface area contributed by atoms with E-state index < -0.39 is 0 Å². The van der Waals surface area contributed by atoms with Gasteiger partial charge in [-0.3, -0.25) is 0 Å². The topological polar surface area (TPSA) is 26.0 Å². The highest BCUT2D eigenvalue weighted by Crippen LogP contribution is 2.11. The highest BCUT2D eigenvalue weighted by atomic mass is 14.6. The van der Waals surface area contributed by atoms with Crippen LogP contribution >= 0.6 is 0 Å². The first-order chi connectivity index (χ1) is 5.97. The molecule has 0 aliphatic carbocycles. The van der Waals surface area contributed by atoms with Crippen molar-refractivity contribution in [3.05, 3.63) is 47.7 Å². The predicted molar refractivity (Wildman–Crippen MR) is 60.3 cm³/mol. The molecule has 2 N–H and O–H groups in total. The number of nitrogens with two attached hydrogens (primary N) is 1. The first kappa shape index (κ1) is 11.8. The van der Waals surface area contributed by atoms with Crippen LogP contribution in [0.4, 0.5) is 0 Å². The van der Waals surface area contributed by atoms with Crippen molar-refractivity contribution in [1.82, 2.24) is 0 Å². The van der Waals surface area contributed by atoms with E-state index in [0.29, 0.717) is 5.70 Å². The monoisotopic (exact) mass is 177 g/mol. The zero-order chi connectivity index (χ0) is 10.4. The van der Waals surface area contributed by atoms with Crippen LogP contribution in [0.25, 0.3) is 0 Å². The Morgan fingerprint density at radius 3 is 2.08 bits per heavy atom. The lowest BCUT2D eigenvalue weighted by Gasteiger charge is -2.03. The molecule has 0 fully saturated rings. The maximum Gasteiger partial charge on any atom is 0.0314 e. The summed E-state index contributed by atoms with van der Waals surface area (Å²) in [5, 5.41) is 0. The summed E-state index contributed by atoms with van der Waals surface area (Å²) in [6.07, 6.45) is 5.03. The van der Waals surface area contributed by atoms with Crippen LogP contribution in [0, 0.1) is 0 Å². The molecule has 0 saturated carbocycles. The molecule has 0 aromatic rings. The quantitative estimate of drug-likeness (QED) is 0.655. The minimum atomic E-state index is 0.593. The van der Waals surface area contributed by atoms with E-state index in [-0.39, 0.29) is 0 Å². The first-order valence-corrected chi connectivity index (χ1v) is 4.46. The second-order valence-electron chi connectivity index (χ2n) is 3.32. The first-order valence-electron chi connectivity index (χ1n) is 4.46. The molecule has 72 valence electrons. The Bertz CT molecular complexity index is 267. The van der Waals surface area contributed by atoms with Crippen molar-refractivity contribution in [3.8, 4) is 0 Å². The van der Waals surface area contributed by atoms with Gasteiger partial charge >= 0.3 is 0 Å². The van der Waals surface area contributed by atoms with E-state index in [1.54, 1.807) is 0 Å². The SMILES string of the molecule is C=C(C)/C=C(\C=C(/C)CC)C(=C)N. The Balaban J connectivity index is 4.84. The van der Waals surface area contributed by atoms with Gasteiger partial charge in [0.15, 0.2) is 0 Å². The third-order valence-electron chi connectivity index (χ3n) is 1.73. The maximum absolute atomic E-state index is 5.64. The van der Waals surface area contributed by atoms with E-state index in [1.807, 2.05) is 13.0 Å². The fraction of sp³-hybridized carbons (Fsp3) is 0.333. The van der Waals surface area contributed by atoms with Gasteiger partial charge in [0.05, 0.1) is 0 Å². The summed E-state index contributed by atoms with van der Waals surface area (Å²) >= 11 is 0. The number of rotatable bonds is 4. The molecule has 0 radical (unpaired) electrons. The molecule has 0 aromatic carbocycles. The molecule has 0 atom stereocenters. The van der Waals surface area contributed by atoms with Crippen LogP contribution in [-0.2, 0) is 0 Å². The molecule has 0 aromatic heterocycles. The number of allylic oxidation sites excluding steroid dienone is 4. The Kier molecular flexibility index (Phi) is 4.90. The van der Waals surface area contributed by atoms with E-state index in [1.165, 1.54) is 5.57 Å². The molecule has 1 nitrogen and oxygen atoms in total. The largest absolute Gasteiger partial charge is 0.399 e. The van der Waals surface area contributed by atoms with Gasteiger partial charge in [-0.1, -0.05) is 43.4 Å². The minimum absolute atomic E-state index is 0.593. The highest BCUT2D eigenvalue weighted by molar-refractivity contribution is 5.41. The van der Waals surface area contributed by atoms with Gasteiger partial charge in [0.1, 0.15) is 0 Å². The van der Waals surface area contributed by atoms with Crippen LogP contribution in [-0.4, -0.2) is 0 Å². The summed E-state index contributed by atoms with van der Waals surface area (Å²) < 4.78 is 0. The predicted octanol–water partition coefficient (Wildman–Crippen LogP) is 3.32. The standard InChI is InChI=1S/C12H19N/c1-6-10(4)8-12(11(5)13)7-9(2)3/h7-8H,2,5-6,13H2,1,3-4H3/b10-8+,12-7+. The Hall–Kier alpha value is -1.24. The summed E-state index contributed by atoms with van der Waals surface area (Å²) in [5.74, 6) is 0. The van der Waals surface area contributed by atoms with Crippen LogP contribution in [0.1, 0.15) is 27.2 Å². The van der Waals surface area contributed by atoms with Crippen LogP contribution < -0.4 is 5.73 Å². The lowest BCUT2D eigenvalue weighted by atomic mass is 10.1. The van der Waals surface area contributed by atoms with Crippen LogP contribution in [0.2, 0.25) is 0 Å². The molecule has 1 heteroatoms. The van der Waals surface area contributed by atoms with Crippen molar-refractivity contribution < 1.29 is 0 Å². The van der Waals surface area contributed by atoms with Gasteiger partial charge < -0.3 is 5.73 Å². The molecule has 13 heavy (non-hydrogen) atoms. The molecule has 0 bridgehead atoms. The minimum Gasteiger partial charge on any atom is -0.399 e. The maximum atomic E-state index is 5.64. The summed E-state index contributed by atoms with van der Waals surface area (Å²) in [6.45, 7) is 13.7. The highest BCUT2D eigenvalue weighted by Gasteiger charge is 1.95. The van der Waals surface area contributed by atoms with Crippen molar-refractivity contribution in [2.75, 3.05) is 0 Å². The Morgan fingerprint density at radius 1 is 1.23 bits per heavy atom. The Morgan fingerprint density at radius 2 is 1.77 bits per heavy atom. The van der Waals surface area contributed by atoms with Crippen molar-refractivity contribution >= 4 is 0 Å². The molecule has 0 amide bonds. The average Bonchev–Trinajstić information content (AvgIpc) is 2.02. The smallest absolute Gasteiger partial charge is 0.0314 e. The average molecular weight is 177 g/mol. The van der Waals surface area contributed by atoms with E-state index in [4.69, 9.17) is 5.73 Å². The lowest BCUT2D eigenvalue weighted by Crippen LogP contribution is -1.97. The van der Waals surface area contributed by atoms with E-state index in [9.17, 15) is 0 Å². The zero-order valence-electron chi connectivity index (χ0n) is 8.85. The van der Waals surface area contributed by atoms with Crippen molar-refractivity contribution in [1.29, 1.82) is 0 Å². The van der Waals surface area contributed by atoms with Crippen LogP contribution in [0.15, 0.2) is 47.7 Å². The fourth-order valence-electron chi connectivity index (χ4n) is 0.860. The second-order valence-corrected chi connectivity index (χ2v) is 3.32. The zero-order valence-corrected chi connectivity index (χ0v) is 8.85. The van der Waals surface area contributed by atoms with Gasteiger partial charge in [-0.15, -0.1) is 0 Å². The third-order valence-corrected chi connectivity index (χ3v) is 1.73. The van der Waals surface area contributed by atoms with Gasteiger partial charge in [0.2, 0.25) is 0 Å². The molecule has 0 heterocycles. The molecular formula is C12H19N. The van der Waals surface area contributed by atoms with Crippen LogP contribution in [0.3, 0.4) is 0 Å². The summed E-state index contributed by atoms with van der Waals surface area (Å²) in [5.41, 5.74) is 9.48. The molecular weight excluding hydrogens is 158 g/mol. The van der Waals surface area contributed by atoms with Crippen molar-refractivity contribution in [3.63, 3.8) is 0 Å². The second kappa shape index (κ2) is 5.41. The Labute approximate surface area is 81.3 Å². The molecule has 0 spiro atoms. The normalized spacial score (nSPS) is 12.8. The van der Waals surface area contributed by atoms with Crippen LogP contribution in [0.5, 0.6) is 0 Å². The van der Waals surface area contributed by atoms with E-state index >= 15 is 0 Å². The van der Waals surface area contributed by atoms with Crippen molar-refractivity contribution in [2.45, 2.75) is 27.2 Å².